The van der Waals surface area contributed by atoms with Crippen LogP contribution in [0.15, 0.2) is 102 Å². The molecule has 1 aromatic heterocycles. The van der Waals surface area contributed by atoms with Gasteiger partial charge in [0.25, 0.3) is 0 Å². The number of Topliss-reactive ketones (excluding diaryl/α,β-unsaturated/α-hetero) is 1. The number of carbonyl (C=O) groups is 3. The molecule has 1 aliphatic rings. The van der Waals surface area contributed by atoms with Crippen LogP contribution in [-0.2, 0) is 17.6 Å². The van der Waals surface area contributed by atoms with E-state index in [0.29, 0.717) is 31.7 Å². The van der Waals surface area contributed by atoms with Gasteiger partial charge in [-0.25, -0.2) is 4.79 Å². The Labute approximate surface area is 251 Å². The van der Waals surface area contributed by atoms with Crippen LogP contribution in [0.5, 0.6) is 0 Å². The largest absolute Gasteiger partial charge is 0.356 e. The second-order valence-corrected chi connectivity index (χ2v) is 10.9. The molecule has 0 saturated carbocycles. The Morgan fingerprint density at radius 1 is 0.791 bits per heavy atom. The van der Waals surface area contributed by atoms with Crippen molar-refractivity contribution in [1.29, 1.82) is 0 Å². The number of ketones is 1. The van der Waals surface area contributed by atoms with Gasteiger partial charge in [-0.15, -0.1) is 0 Å². The molecular formula is C34H37N5O4. The lowest BCUT2D eigenvalue weighted by atomic mass is 9.98. The monoisotopic (exact) mass is 579 g/mol. The second kappa shape index (κ2) is 14.4. The van der Waals surface area contributed by atoms with Gasteiger partial charge >= 0.3 is 6.03 Å². The van der Waals surface area contributed by atoms with Crippen molar-refractivity contribution in [3.8, 4) is 11.3 Å². The summed E-state index contributed by atoms with van der Waals surface area (Å²) in [5.41, 5.74) is 2.88. The summed E-state index contributed by atoms with van der Waals surface area (Å²) in [6, 6.07) is 28.3. The molecule has 222 valence electrons. The minimum absolute atomic E-state index is 0.137. The summed E-state index contributed by atoms with van der Waals surface area (Å²) in [7, 11) is 2.02. The van der Waals surface area contributed by atoms with Crippen LogP contribution in [-0.4, -0.2) is 78.0 Å². The molecule has 2 heterocycles. The first kappa shape index (κ1) is 29.7. The standard InChI is InChI=1S/C34H37N5O4/c1-38-19-21-39(22-20-38)34(42)36-30(23-26-13-7-3-8-14-26)33(41)35-28(18-17-25-11-5-2-6-12-25)32(40)29-24-31(43-37-29)27-15-9-4-10-16-27/h2-16,24,28,30H,17-23H2,1H3,(H,35,41)(H,36,42)/t28-,30-/m0/s1. The number of benzene rings is 3. The number of likely N-dealkylation sites (N-methyl/N-ethyl adjacent to an activating group) is 1. The Morgan fingerprint density at radius 3 is 2.05 bits per heavy atom. The highest BCUT2D eigenvalue weighted by molar-refractivity contribution is 6.01. The smallest absolute Gasteiger partial charge is 0.318 e. The molecule has 0 radical (unpaired) electrons. The van der Waals surface area contributed by atoms with Gasteiger partial charge in [-0.2, -0.15) is 0 Å². The number of nitrogens with one attached hydrogen (secondary N) is 2. The van der Waals surface area contributed by atoms with Crippen molar-refractivity contribution in [3.63, 3.8) is 0 Å². The molecule has 0 spiro atoms. The molecule has 9 heteroatoms. The van der Waals surface area contributed by atoms with Crippen molar-refractivity contribution < 1.29 is 18.9 Å². The molecule has 5 rings (SSSR count). The van der Waals surface area contributed by atoms with E-state index in [0.717, 1.165) is 29.8 Å². The Balaban J connectivity index is 1.35. The summed E-state index contributed by atoms with van der Waals surface area (Å²) in [5.74, 6) is -0.304. The van der Waals surface area contributed by atoms with Crippen molar-refractivity contribution in [2.45, 2.75) is 31.3 Å². The molecule has 4 aromatic rings. The Hall–Kier alpha value is -4.76. The number of nitrogens with zero attached hydrogens (tertiary/aromatic N) is 3. The van der Waals surface area contributed by atoms with E-state index in [1.165, 1.54) is 0 Å². The number of amides is 3. The van der Waals surface area contributed by atoms with E-state index in [4.69, 9.17) is 4.52 Å². The van der Waals surface area contributed by atoms with Gasteiger partial charge in [0.05, 0.1) is 6.04 Å². The van der Waals surface area contributed by atoms with Crippen molar-refractivity contribution in [2.24, 2.45) is 0 Å². The van der Waals surface area contributed by atoms with E-state index in [-0.39, 0.29) is 23.9 Å². The van der Waals surface area contributed by atoms with Gasteiger partial charge in [-0.3, -0.25) is 9.59 Å². The van der Waals surface area contributed by atoms with E-state index in [1.54, 1.807) is 11.0 Å². The van der Waals surface area contributed by atoms with Crippen LogP contribution < -0.4 is 10.6 Å². The molecule has 2 atom stereocenters. The molecule has 0 unspecified atom stereocenters. The lowest BCUT2D eigenvalue weighted by Gasteiger charge is -2.33. The van der Waals surface area contributed by atoms with Gasteiger partial charge in [-0.05, 0) is 31.0 Å². The van der Waals surface area contributed by atoms with Gasteiger partial charge in [-0.1, -0.05) is 96.2 Å². The van der Waals surface area contributed by atoms with Crippen LogP contribution in [0.2, 0.25) is 0 Å². The van der Waals surface area contributed by atoms with Gasteiger partial charge in [0.2, 0.25) is 11.7 Å². The molecule has 9 nitrogen and oxygen atoms in total. The van der Waals surface area contributed by atoms with Crippen LogP contribution in [0, 0.1) is 0 Å². The average Bonchev–Trinajstić information content (AvgIpc) is 3.54. The fraction of sp³-hybridized carbons (Fsp3) is 0.294. The van der Waals surface area contributed by atoms with Gasteiger partial charge in [0.1, 0.15) is 6.04 Å². The third-order valence-electron chi connectivity index (χ3n) is 7.71. The van der Waals surface area contributed by atoms with E-state index < -0.39 is 18.0 Å². The Bertz CT molecular complexity index is 1480. The van der Waals surface area contributed by atoms with Crippen molar-refractivity contribution in [1.82, 2.24) is 25.6 Å². The van der Waals surface area contributed by atoms with Crippen LogP contribution in [0.1, 0.15) is 28.0 Å². The van der Waals surface area contributed by atoms with E-state index in [2.05, 4.69) is 20.7 Å². The summed E-state index contributed by atoms with van der Waals surface area (Å²) >= 11 is 0. The van der Waals surface area contributed by atoms with E-state index >= 15 is 0 Å². The third kappa shape index (κ3) is 8.17. The number of urea groups is 1. The topological polar surface area (TPSA) is 108 Å². The fourth-order valence-corrected chi connectivity index (χ4v) is 5.11. The minimum Gasteiger partial charge on any atom is -0.356 e. The van der Waals surface area contributed by atoms with Crippen molar-refractivity contribution >= 4 is 17.7 Å². The van der Waals surface area contributed by atoms with E-state index in [9.17, 15) is 14.4 Å². The maximum atomic E-state index is 13.9. The average molecular weight is 580 g/mol. The number of aromatic nitrogens is 1. The Morgan fingerprint density at radius 2 is 1.40 bits per heavy atom. The van der Waals surface area contributed by atoms with Gasteiger partial charge in [0, 0.05) is 44.2 Å². The molecule has 2 N–H and O–H groups in total. The number of hydrogen-bond donors (Lipinski definition) is 2. The first-order valence-electron chi connectivity index (χ1n) is 14.6. The predicted molar refractivity (Wildman–Crippen MR) is 164 cm³/mol. The lowest BCUT2D eigenvalue weighted by Crippen LogP contribution is -2.57. The molecule has 1 saturated heterocycles. The summed E-state index contributed by atoms with van der Waals surface area (Å²) in [5, 5.41) is 9.95. The maximum absolute atomic E-state index is 13.9. The molecule has 0 bridgehead atoms. The zero-order valence-corrected chi connectivity index (χ0v) is 24.3. The SMILES string of the molecule is CN1CCN(C(=O)N[C@@H](Cc2ccccc2)C(=O)N[C@@H](CCc2ccccc2)C(=O)c2cc(-c3ccccc3)on2)CC1. The second-order valence-electron chi connectivity index (χ2n) is 10.9. The van der Waals surface area contributed by atoms with Crippen LogP contribution >= 0.6 is 0 Å². The Kier molecular flexibility index (Phi) is 9.97. The number of rotatable bonds is 11. The molecular weight excluding hydrogens is 542 g/mol. The molecule has 3 aromatic carbocycles. The fourth-order valence-electron chi connectivity index (χ4n) is 5.11. The molecule has 0 aliphatic carbocycles. The van der Waals surface area contributed by atoms with Gasteiger partial charge < -0.3 is 25.0 Å². The molecule has 43 heavy (non-hydrogen) atoms. The number of carbonyl (C=O) groups excluding carboxylic acids is 3. The van der Waals surface area contributed by atoms with Crippen molar-refractivity contribution in [3.05, 3.63) is 114 Å². The lowest BCUT2D eigenvalue weighted by molar-refractivity contribution is -0.123. The quantitative estimate of drug-likeness (QED) is 0.258. The number of piperazine rings is 1. The maximum Gasteiger partial charge on any atom is 0.318 e. The zero-order valence-electron chi connectivity index (χ0n) is 24.3. The van der Waals surface area contributed by atoms with E-state index in [1.807, 2.05) is 98.0 Å². The third-order valence-corrected chi connectivity index (χ3v) is 7.71. The molecule has 1 aliphatic heterocycles. The van der Waals surface area contributed by atoms with Gasteiger partial charge in [0.15, 0.2) is 11.5 Å². The minimum atomic E-state index is -0.876. The summed E-state index contributed by atoms with van der Waals surface area (Å²) in [4.78, 5) is 44.8. The number of hydrogen-bond acceptors (Lipinski definition) is 6. The van der Waals surface area contributed by atoms with Crippen LogP contribution in [0.3, 0.4) is 0 Å². The highest BCUT2D eigenvalue weighted by Gasteiger charge is 2.31. The van der Waals surface area contributed by atoms with Crippen LogP contribution in [0.25, 0.3) is 11.3 Å². The predicted octanol–water partition coefficient (Wildman–Crippen LogP) is 4.21. The van der Waals surface area contributed by atoms with Crippen LogP contribution in [0.4, 0.5) is 4.79 Å². The summed E-state index contributed by atoms with van der Waals surface area (Å²) in [6.07, 6.45) is 1.21. The first-order chi connectivity index (χ1) is 21.0. The number of aryl methyl sites for hydroxylation is 1. The molecule has 3 amide bonds. The zero-order chi connectivity index (χ0) is 30.0. The molecule has 1 fully saturated rings. The summed E-state index contributed by atoms with van der Waals surface area (Å²) in [6.45, 7) is 2.69. The first-order valence-corrected chi connectivity index (χ1v) is 14.6. The summed E-state index contributed by atoms with van der Waals surface area (Å²) < 4.78 is 5.49. The van der Waals surface area contributed by atoms with Crippen molar-refractivity contribution in [2.75, 3.05) is 33.2 Å². The highest BCUT2D eigenvalue weighted by Crippen LogP contribution is 2.21. The normalized spacial score (nSPS) is 15.0. The highest BCUT2D eigenvalue weighted by atomic mass is 16.5.